The molecule has 0 spiro atoms. The van der Waals surface area contributed by atoms with Crippen LogP contribution in [0, 0.1) is 11.8 Å². The van der Waals surface area contributed by atoms with Crippen LogP contribution < -0.4 is 0 Å². The number of fused-ring (bicyclic) bond motifs is 2. The fourth-order valence-electron chi connectivity index (χ4n) is 7.04. The van der Waals surface area contributed by atoms with E-state index in [0.717, 1.165) is 25.7 Å². The van der Waals surface area contributed by atoms with Crippen molar-refractivity contribution in [1.29, 1.82) is 0 Å². The van der Waals surface area contributed by atoms with E-state index in [2.05, 4.69) is 62.4 Å². The van der Waals surface area contributed by atoms with Crippen molar-refractivity contribution in [2.75, 3.05) is 13.2 Å². The molecule has 4 rings (SSSR count). The third kappa shape index (κ3) is 6.93. The SMILES string of the molecule is CCCC(CCCOC(=O)OCCCC(CCC)C1CCc2ccccc21)C1CCc2ccccc21. The van der Waals surface area contributed by atoms with Gasteiger partial charge in [-0.1, -0.05) is 88.1 Å². The number of aryl methyl sites for hydroxylation is 2. The van der Waals surface area contributed by atoms with E-state index < -0.39 is 6.16 Å². The predicted octanol–water partition coefficient (Wildman–Crippen LogP) is 8.99. The van der Waals surface area contributed by atoms with Gasteiger partial charge in [-0.15, -0.1) is 0 Å². The monoisotopic (exact) mass is 490 g/mol. The van der Waals surface area contributed by atoms with Crippen LogP contribution in [-0.4, -0.2) is 19.4 Å². The van der Waals surface area contributed by atoms with E-state index in [1.807, 2.05) is 0 Å². The van der Waals surface area contributed by atoms with Gasteiger partial charge >= 0.3 is 6.16 Å². The molecule has 2 aliphatic carbocycles. The highest BCUT2D eigenvalue weighted by Gasteiger charge is 2.30. The van der Waals surface area contributed by atoms with Crippen LogP contribution in [-0.2, 0) is 22.3 Å². The molecule has 3 heteroatoms. The molecule has 36 heavy (non-hydrogen) atoms. The van der Waals surface area contributed by atoms with Gasteiger partial charge in [0.25, 0.3) is 0 Å². The summed E-state index contributed by atoms with van der Waals surface area (Å²) >= 11 is 0. The molecule has 0 saturated heterocycles. The molecule has 0 aromatic heterocycles. The second-order valence-corrected chi connectivity index (χ2v) is 11.0. The Kier molecular flexibility index (Phi) is 10.3. The van der Waals surface area contributed by atoms with Crippen molar-refractivity contribution in [1.82, 2.24) is 0 Å². The fraction of sp³-hybridized carbons (Fsp3) is 0.606. The molecule has 0 amide bonds. The average molecular weight is 491 g/mol. The van der Waals surface area contributed by atoms with E-state index in [4.69, 9.17) is 9.47 Å². The number of hydrogen-bond acceptors (Lipinski definition) is 3. The molecule has 0 saturated carbocycles. The zero-order valence-corrected chi connectivity index (χ0v) is 22.6. The quantitative estimate of drug-likeness (QED) is 0.196. The summed E-state index contributed by atoms with van der Waals surface area (Å²) in [6.07, 6.45) is 13.4. The summed E-state index contributed by atoms with van der Waals surface area (Å²) in [4.78, 5) is 12.2. The molecule has 0 aliphatic heterocycles. The summed E-state index contributed by atoms with van der Waals surface area (Å²) in [5.74, 6) is 2.68. The van der Waals surface area contributed by atoms with E-state index in [9.17, 15) is 4.79 Å². The topological polar surface area (TPSA) is 35.5 Å². The molecule has 3 nitrogen and oxygen atoms in total. The summed E-state index contributed by atoms with van der Waals surface area (Å²) in [7, 11) is 0. The lowest BCUT2D eigenvalue weighted by Gasteiger charge is -2.24. The van der Waals surface area contributed by atoms with Gasteiger partial charge in [0, 0.05) is 0 Å². The van der Waals surface area contributed by atoms with Gasteiger partial charge < -0.3 is 9.47 Å². The molecule has 4 atom stereocenters. The van der Waals surface area contributed by atoms with Crippen LogP contribution in [0.3, 0.4) is 0 Å². The van der Waals surface area contributed by atoms with Gasteiger partial charge in [0.1, 0.15) is 0 Å². The number of rotatable bonds is 14. The van der Waals surface area contributed by atoms with Gasteiger partial charge in [-0.3, -0.25) is 0 Å². The molecular formula is C33H46O3. The Labute approximate surface area is 219 Å². The van der Waals surface area contributed by atoms with Crippen LogP contribution in [0.2, 0.25) is 0 Å². The molecule has 0 N–H and O–H groups in total. The van der Waals surface area contributed by atoms with Crippen LogP contribution in [0.5, 0.6) is 0 Å². The van der Waals surface area contributed by atoms with Crippen molar-refractivity contribution in [2.24, 2.45) is 11.8 Å². The first-order chi connectivity index (χ1) is 17.7. The van der Waals surface area contributed by atoms with Gasteiger partial charge in [0.05, 0.1) is 13.2 Å². The minimum Gasteiger partial charge on any atom is -0.434 e. The van der Waals surface area contributed by atoms with Crippen LogP contribution in [0.25, 0.3) is 0 Å². The molecular weight excluding hydrogens is 444 g/mol. The molecule has 0 fully saturated rings. The van der Waals surface area contributed by atoms with Crippen molar-refractivity contribution in [3.05, 3.63) is 70.8 Å². The van der Waals surface area contributed by atoms with Crippen LogP contribution >= 0.6 is 0 Å². The van der Waals surface area contributed by atoms with Crippen LogP contribution in [0.4, 0.5) is 4.79 Å². The molecule has 196 valence electrons. The van der Waals surface area contributed by atoms with E-state index >= 15 is 0 Å². The third-order valence-corrected chi connectivity index (χ3v) is 8.69. The maximum atomic E-state index is 12.2. The number of carbonyl (C=O) groups excluding carboxylic acids is 1. The van der Waals surface area contributed by atoms with E-state index in [-0.39, 0.29) is 0 Å². The lowest BCUT2D eigenvalue weighted by atomic mass is 9.81. The lowest BCUT2D eigenvalue weighted by Crippen LogP contribution is -2.15. The van der Waals surface area contributed by atoms with Crippen molar-refractivity contribution in [2.45, 2.75) is 103 Å². The molecule has 0 heterocycles. The zero-order valence-electron chi connectivity index (χ0n) is 22.6. The highest BCUT2D eigenvalue weighted by Crippen LogP contribution is 2.43. The summed E-state index contributed by atoms with van der Waals surface area (Å²) in [6, 6.07) is 17.9. The van der Waals surface area contributed by atoms with E-state index in [1.54, 1.807) is 11.1 Å². The van der Waals surface area contributed by atoms with Crippen molar-refractivity contribution in [3.63, 3.8) is 0 Å². The van der Waals surface area contributed by atoms with Crippen LogP contribution in [0.1, 0.15) is 112 Å². The smallest absolute Gasteiger partial charge is 0.434 e. The number of ether oxygens (including phenoxy) is 2. The number of benzene rings is 2. The summed E-state index contributed by atoms with van der Waals surface area (Å²) in [6.45, 7) is 5.48. The number of carbonyl (C=O) groups is 1. The van der Waals surface area contributed by atoms with Crippen molar-refractivity contribution in [3.8, 4) is 0 Å². The van der Waals surface area contributed by atoms with Crippen molar-refractivity contribution < 1.29 is 14.3 Å². The molecule has 2 aromatic carbocycles. The normalized spacial score (nSPS) is 19.9. The Bertz CT molecular complexity index is 876. The Hall–Kier alpha value is -2.29. The predicted molar refractivity (Wildman–Crippen MR) is 148 cm³/mol. The van der Waals surface area contributed by atoms with E-state index in [1.165, 1.54) is 62.5 Å². The lowest BCUT2D eigenvalue weighted by molar-refractivity contribution is 0.0507. The maximum Gasteiger partial charge on any atom is 0.508 e. The number of hydrogen-bond donors (Lipinski definition) is 0. The fourth-order valence-corrected chi connectivity index (χ4v) is 7.04. The first kappa shape index (κ1) is 26.8. The summed E-state index contributed by atoms with van der Waals surface area (Å²) in [5, 5.41) is 0. The van der Waals surface area contributed by atoms with Gasteiger partial charge in [0.2, 0.25) is 0 Å². The Morgan fingerprint density at radius 3 is 1.61 bits per heavy atom. The molecule has 2 aliphatic rings. The highest BCUT2D eigenvalue weighted by molar-refractivity contribution is 5.59. The van der Waals surface area contributed by atoms with Gasteiger partial charge in [-0.25, -0.2) is 4.79 Å². The largest absolute Gasteiger partial charge is 0.508 e. The van der Waals surface area contributed by atoms with Gasteiger partial charge in [-0.05, 0) is 97.3 Å². The zero-order chi connectivity index (χ0) is 25.2. The minimum atomic E-state index is -0.494. The van der Waals surface area contributed by atoms with Crippen LogP contribution in [0.15, 0.2) is 48.5 Å². The van der Waals surface area contributed by atoms with Gasteiger partial charge in [0.15, 0.2) is 0 Å². The highest BCUT2D eigenvalue weighted by atomic mass is 16.7. The minimum absolute atomic E-state index is 0.463. The molecule has 0 bridgehead atoms. The molecule has 4 unspecified atom stereocenters. The molecule has 2 aromatic rings. The Balaban J connectivity index is 1.14. The van der Waals surface area contributed by atoms with Crippen molar-refractivity contribution >= 4 is 6.16 Å². The third-order valence-electron chi connectivity index (χ3n) is 8.69. The standard InChI is InChI=1S/C33H46O3/c1-3-11-25(31-21-19-27-13-5-7-17-29(27)31)15-9-23-35-33(34)36-24-10-16-26(12-4-2)32-22-20-28-14-6-8-18-30(28)32/h5-8,13-14,17-18,25-26,31-32H,3-4,9-12,15-16,19-24H2,1-2H3. The Morgan fingerprint density at radius 1 is 0.722 bits per heavy atom. The average Bonchev–Trinajstić information content (AvgIpc) is 3.52. The maximum absolute atomic E-state index is 12.2. The van der Waals surface area contributed by atoms with E-state index in [0.29, 0.717) is 36.9 Å². The Morgan fingerprint density at radius 2 is 1.17 bits per heavy atom. The molecule has 0 radical (unpaired) electrons. The summed E-state index contributed by atoms with van der Waals surface area (Å²) < 4.78 is 10.9. The second-order valence-electron chi connectivity index (χ2n) is 11.0. The van der Waals surface area contributed by atoms with Gasteiger partial charge in [-0.2, -0.15) is 0 Å². The summed E-state index contributed by atoms with van der Waals surface area (Å²) in [5.41, 5.74) is 6.17. The second kappa shape index (κ2) is 13.9. The first-order valence-corrected chi connectivity index (χ1v) is 14.7. The first-order valence-electron chi connectivity index (χ1n) is 14.7.